The Morgan fingerprint density at radius 3 is 2.09 bits per heavy atom. The Morgan fingerprint density at radius 2 is 1.48 bits per heavy atom. The molecule has 44 heavy (non-hydrogen) atoms. The maximum absolute atomic E-state index is 13.8. The second kappa shape index (κ2) is 12.5. The summed E-state index contributed by atoms with van der Waals surface area (Å²) in [7, 11) is 1.22. The first-order valence-electron chi connectivity index (χ1n) is 14.5. The third-order valence-corrected chi connectivity index (χ3v) is 8.03. The monoisotopic (exact) mass is 591 g/mol. The van der Waals surface area contributed by atoms with Gasteiger partial charge in [0.15, 0.2) is 5.82 Å². The van der Waals surface area contributed by atoms with Crippen LogP contribution >= 0.6 is 0 Å². The number of anilines is 1. The maximum atomic E-state index is 13.8. The quantitative estimate of drug-likeness (QED) is 0.258. The summed E-state index contributed by atoms with van der Waals surface area (Å²) in [4.78, 5) is 46.8. The van der Waals surface area contributed by atoms with Gasteiger partial charge in [-0.25, -0.2) is 9.48 Å². The van der Waals surface area contributed by atoms with Crippen molar-refractivity contribution in [2.24, 2.45) is 0 Å². The van der Waals surface area contributed by atoms with E-state index < -0.39 is 17.9 Å². The molecule has 3 aromatic carbocycles. The van der Waals surface area contributed by atoms with Gasteiger partial charge in [0.05, 0.1) is 13.2 Å². The van der Waals surface area contributed by atoms with Crippen molar-refractivity contribution in [3.05, 3.63) is 114 Å². The number of para-hydroxylation sites is 1. The largest absolute Gasteiger partial charge is 0.464 e. The number of nitrogens with one attached hydrogen (secondary N) is 2. The van der Waals surface area contributed by atoms with Crippen LogP contribution in [0.5, 0.6) is 0 Å². The van der Waals surface area contributed by atoms with Gasteiger partial charge in [0.1, 0.15) is 11.7 Å². The minimum absolute atomic E-state index is 0.00629. The van der Waals surface area contributed by atoms with Gasteiger partial charge in [0.25, 0.3) is 5.91 Å². The average molecular weight is 592 g/mol. The Bertz CT molecular complexity index is 1700. The fourth-order valence-corrected chi connectivity index (χ4v) is 5.74. The zero-order valence-electron chi connectivity index (χ0n) is 24.5. The maximum Gasteiger partial charge on any atom is 0.362 e. The van der Waals surface area contributed by atoms with Gasteiger partial charge in [-0.15, -0.1) is 5.10 Å². The van der Waals surface area contributed by atoms with E-state index in [0.717, 1.165) is 10.9 Å². The standard InChI is InChI=1S/C33H33N7O4/c1-22(32(42)39-19-17-38(18-20-39)29(23-11-5-3-6-12-23)24-13-7-4-8-14-24)40-30(28(36-37-40)33(43)44-2)35-31(41)27-21-25-15-9-10-16-26(25)34-27/h3-16,21-22,29,34H,17-20H2,1-2H3,(H,35,41)/t22-/m0/s1. The third kappa shape index (κ3) is 5.69. The second-order valence-corrected chi connectivity index (χ2v) is 10.7. The highest BCUT2D eigenvalue weighted by molar-refractivity contribution is 6.08. The van der Waals surface area contributed by atoms with Gasteiger partial charge in [0.2, 0.25) is 11.6 Å². The van der Waals surface area contributed by atoms with E-state index in [9.17, 15) is 14.4 Å². The molecule has 0 saturated carbocycles. The number of aromatic amines is 1. The molecule has 11 nitrogen and oxygen atoms in total. The van der Waals surface area contributed by atoms with E-state index >= 15 is 0 Å². The normalized spacial score (nSPS) is 14.5. The number of piperazine rings is 1. The molecule has 3 heterocycles. The number of esters is 1. The van der Waals surface area contributed by atoms with Gasteiger partial charge in [0, 0.05) is 37.1 Å². The molecule has 2 aromatic heterocycles. The Balaban J connectivity index is 1.20. The summed E-state index contributed by atoms with van der Waals surface area (Å²) >= 11 is 0. The van der Waals surface area contributed by atoms with Crippen molar-refractivity contribution in [1.82, 2.24) is 29.8 Å². The number of carbonyl (C=O) groups excluding carboxylic acids is 3. The predicted octanol–water partition coefficient (Wildman–Crippen LogP) is 4.29. The lowest BCUT2D eigenvalue weighted by Crippen LogP contribution is -2.51. The molecule has 0 radical (unpaired) electrons. The number of benzene rings is 3. The number of rotatable bonds is 8. The van der Waals surface area contributed by atoms with Gasteiger partial charge < -0.3 is 19.9 Å². The molecule has 0 unspecified atom stereocenters. The van der Waals surface area contributed by atoms with Gasteiger partial charge in [-0.05, 0) is 30.2 Å². The van der Waals surface area contributed by atoms with E-state index in [1.54, 1.807) is 17.9 Å². The van der Waals surface area contributed by atoms with Gasteiger partial charge in [-0.2, -0.15) is 0 Å². The molecule has 5 aromatic rings. The van der Waals surface area contributed by atoms with Crippen LogP contribution in [0.2, 0.25) is 0 Å². The van der Waals surface area contributed by atoms with Crippen molar-refractivity contribution in [2.75, 3.05) is 38.6 Å². The molecule has 0 bridgehead atoms. The second-order valence-electron chi connectivity index (χ2n) is 10.7. The molecule has 0 spiro atoms. The number of methoxy groups -OCH3 is 1. The van der Waals surface area contributed by atoms with Crippen LogP contribution in [-0.4, -0.2) is 80.9 Å². The fraction of sp³-hybridized carbons (Fsp3) is 0.242. The van der Waals surface area contributed by atoms with Crippen LogP contribution in [0.15, 0.2) is 91.0 Å². The number of amides is 2. The Morgan fingerprint density at radius 1 is 0.864 bits per heavy atom. The van der Waals surface area contributed by atoms with Gasteiger partial charge in [-0.1, -0.05) is 84.1 Å². The van der Waals surface area contributed by atoms with Crippen molar-refractivity contribution < 1.29 is 19.1 Å². The van der Waals surface area contributed by atoms with Crippen molar-refractivity contribution in [3.8, 4) is 0 Å². The van der Waals surface area contributed by atoms with Gasteiger partial charge >= 0.3 is 5.97 Å². The molecular weight excluding hydrogens is 558 g/mol. The lowest BCUT2D eigenvalue weighted by atomic mass is 9.96. The van der Waals surface area contributed by atoms with Crippen LogP contribution in [0.3, 0.4) is 0 Å². The number of hydrogen-bond acceptors (Lipinski definition) is 7. The zero-order chi connectivity index (χ0) is 30.6. The van der Waals surface area contributed by atoms with E-state index in [2.05, 4.69) is 49.8 Å². The highest BCUT2D eigenvalue weighted by atomic mass is 16.5. The number of fused-ring (bicyclic) bond motifs is 1. The lowest BCUT2D eigenvalue weighted by molar-refractivity contribution is -0.136. The Hall–Kier alpha value is -5.29. The number of hydrogen-bond donors (Lipinski definition) is 2. The highest BCUT2D eigenvalue weighted by Gasteiger charge is 2.33. The molecule has 1 aliphatic rings. The molecule has 2 amide bonds. The molecule has 1 atom stereocenters. The number of nitrogens with zero attached hydrogens (tertiary/aromatic N) is 5. The highest BCUT2D eigenvalue weighted by Crippen LogP contribution is 2.30. The first-order valence-corrected chi connectivity index (χ1v) is 14.5. The van der Waals surface area contributed by atoms with Crippen LogP contribution in [0.25, 0.3) is 10.9 Å². The number of carbonyl (C=O) groups is 3. The van der Waals surface area contributed by atoms with E-state index in [1.807, 2.05) is 60.7 Å². The number of aromatic nitrogens is 4. The molecule has 1 saturated heterocycles. The molecular formula is C33H33N7O4. The first-order chi connectivity index (χ1) is 21.4. The first kappa shape index (κ1) is 28.8. The van der Waals surface area contributed by atoms with E-state index in [0.29, 0.717) is 26.2 Å². The summed E-state index contributed by atoms with van der Waals surface area (Å²) in [5, 5.41) is 11.7. The minimum atomic E-state index is -0.843. The zero-order valence-corrected chi connectivity index (χ0v) is 24.5. The molecule has 11 heteroatoms. The van der Waals surface area contributed by atoms with Crippen LogP contribution in [0.1, 0.15) is 51.1 Å². The van der Waals surface area contributed by atoms with Crippen LogP contribution < -0.4 is 5.32 Å². The third-order valence-electron chi connectivity index (χ3n) is 8.03. The van der Waals surface area contributed by atoms with Crippen molar-refractivity contribution >= 4 is 34.5 Å². The summed E-state index contributed by atoms with van der Waals surface area (Å²) in [5.74, 6) is -1.48. The van der Waals surface area contributed by atoms with E-state index in [1.165, 1.54) is 22.9 Å². The van der Waals surface area contributed by atoms with Crippen molar-refractivity contribution in [2.45, 2.75) is 19.0 Å². The van der Waals surface area contributed by atoms with Gasteiger partial charge in [-0.3, -0.25) is 14.5 Å². The molecule has 1 fully saturated rings. The Kier molecular flexibility index (Phi) is 8.20. The molecule has 1 aliphatic heterocycles. The Labute approximate surface area is 254 Å². The van der Waals surface area contributed by atoms with Crippen LogP contribution in [-0.2, 0) is 9.53 Å². The van der Waals surface area contributed by atoms with Crippen LogP contribution in [0.4, 0.5) is 5.82 Å². The summed E-state index contributed by atoms with van der Waals surface area (Å²) in [6, 6.07) is 29.1. The van der Waals surface area contributed by atoms with Crippen molar-refractivity contribution in [1.29, 1.82) is 0 Å². The molecule has 224 valence electrons. The SMILES string of the molecule is COC(=O)c1nnn([C@@H](C)C(=O)N2CCN(C(c3ccccc3)c3ccccc3)CC2)c1NC(=O)c1cc2ccccc2[nH]1. The van der Waals surface area contributed by atoms with E-state index in [-0.39, 0.29) is 29.2 Å². The predicted molar refractivity (Wildman–Crippen MR) is 165 cm³/mol. The average Bonchev–Trinajstić information content (AvgIpc) is 3.70. The lowest BCUT2D eigenvalue weighted by Gasteiger charge is -2.40. The molecule has 0 aliphatic carbocycles. The minimum Gasteiger partial charge on any atom is -0.464 e. The summed E-state index contributed by atoms with van der Waals surface area (Å²) in [6.45, 7) is 4.03. The summed E-state index contributed by atoms with van der Waals surface area (Å²) in [6.07, 6.45) is 0. The molecule has 2 N–H and O–H groups in total. The van der Waals surface area contributed by atoms with Crippen molar-refractivity contribution in [3.63, 3.8) is 0 Å². The summed E-state index contributed by atoms with van der Waals surface area (Å²) < 4.78 is 6.15. The number of H-pyrrole nitrogens is 1. The van der Waals surface area contributed by atoms with Crippen LogP contribution in [0, 0.1) is 0 Å². The summed E-state index contributed by atoms with van der Waals surface area (Å²) in [5.41, 5.74) is 3.29. The fourth-order valence-electron chi connectivity index (χ4n) is 5.74. The topological polar surface area (TPSA) is 125 Å². The number of ether oxygens (including phenoxy) is 1. The van der Waals surface area contributed by atoms with E-state index in [4.69, 9.17) is 4.74 Å². The molecule has 6 rings (SSSR count). The smallest absolute Gasteiger partial charge is 0.362 e.